The normalized spacial score (nSPS) is 12.4. The smallest absolute Gasteiger partial charge is 0.418 e. The predicted molar refractivity (Wildman–Crippen MR) is 106 cm³/mol. The van der Waals surface area contributed by atoms with Gasteiger partial charge in [-0.3, -0.25) is 9.36 Å². The van der Waals surface area contributed by atoms with E-state index in [2.05, 4.69) is 10.3 Å². The Morgan fingerprint density at radius 1 is 1.17 bits per heavy atom. The first kappa shape index (κ1) is 20.8. The summed E-state index contributed by atoms with van der Waals surface area (Å²) in [6.07, 6.45) is -1.21. The zero-order valence-corrected chi connectivity index (χ0v) is 16.4. The molecule has 1 amide bonds. The lowest BCUT2D eigenvalue weighted by molar-refractivity contribution is -0.137. The Bertz CT molecular complexity index is 987. The molecule has 0 radical (unpaired) electrons. The van der Waals surface area contributed by atoms with E-state index in [0.717, 1.165) is 23.5 Å². The molecule has 0 bridgehead atoms. The fraction of sp³-hybridized carbons (Fsp3) is 0.200. The summed E-state index contributed by atoms with van der Waals surface area (Å²) in [5.41, 5.74) is -0.331. The Hall–Kier alpha value is -2.94. The highest BCUT2D eigenvalue weighted by atomic mass is 32.2. The standard InChI is InChI=1S/C20H18F3N3O2S/c1-13(18(27)25-17-6-4-3-5-16(17)20(21,22)23)29-19-24-11-12-26(19)14-7-9-15(28-2)10-8-14/h3-13H,1-2H3,(H,25,27)/t13-/m0/s1. The lowest BCUT2D eigenvalue weighted by Crippen LogP contribution is -2.24. The molecule has 1 atom stereocenters. The van der Waals surface area contributed by atoms with E-state index in [1.165, 1.54) is 18.2 Å². The second-order valence-corrected chi connectivity index (χ2v) is 7.38. The Balaban J connectivity index is 1.74. The first-order chi connectivity index (χ1) is 13.8. The number of anilines is 1. The third-order valence-electron chi connectivity index (χ3n) is 4.10. The molecule has 29 heavy (non-hydrogen) atoms. The van der Waals surface area contributed by atoms with Gasteiger partial charge in [0.05, 0.1) is 23.6 Å². The van der Waals surface area contributed by atoms with Gasteiger partial charge in [-0.05, 0) is 43.3 Å². The summed E-state index contributed by atoms with van der Waals surface area (Å²) in [5.74, 6) is 0.162. The van der Waals surface area contributed by atoms with Crippen LogP contribution in [-0.2, 0) is 11.0 Å². The van der Waals surface area contributed by atoms with Crippen molar-refractivity contribution in [2.24, 2.45) is 0 Å². The minimum atomic E-state index is -4.55. The van der Waals surface area contributed by atoms with Crippen LogP contribution in [0.2, 0.25) is 0 Å². The van der Waals surface area contributed by atoms with E-state index in [-0.39, 0.29) is 5.69 Å². The molecule has 0 aliphatic rings. The molecule has 0 unspecified atom stereocenters. The SMILES string of the molecule is COc1ccc(-n2ccnc2S[C@@H](C)C(=O)Nc2ccccc2C(F)(F)F)cc1. The second-order valence-electron chi connectivity index (χ2n) is 6.07. The summed E-state index contributed by atoms with van der Waals surface area (Å²) in [4.78, 5) is 16.8. The number of amides is 1. The number of carbonyl (C=O) groups excluding carboxylic acids is 1. The molecule has 1 aromatic heterocycles. The molecule has 0 saturated heterocycles. The van der Waals surface area contributed by atoms with Crippen molar-refractivity contribution in [1.29, 1.82) is 0 Å². The molecule has 3 aromatic rings. The maximum Gasteiger partial charge on any atom is 0.418 e. The van der Waals surface area contributed by atoms with Crippen LogP contribution in [0.5, 0.6) is 5.75 Å². The molecule has 5 nitrogen and oxygen atoms in total. The van der Waals surface area contributed by atoms with Gasteiger partial charge in [0.25, 0.3) is 0 Å². The minimum Gasteiger partial charge on any atom is -0.497 e. The average Bonchev–Trinajstić information content (AvgIpc) is 3.15. The van der Waals surface area contributed by atoms with Gasteiger partial charge in [-0.2, -0.15) is 13.2 Å². The van der Waals surface area contributed by atoms with Crippen molar-refractivity contribution < 1.29 is 22.7 Å². The number of nitrogens with zero attached hydrogens (tertiary/aromatic N) is 2. The quantitative estimate of drug-likeness (QED) is 0.568. The predicted octanol–water partition coefficient (Wildman–Crippen LogP) is 5.02. The molecular formula is C20H18F3N3O2S. The summed E-state index contributed by atoms with van der Waals surface area (Å²) in [6, 6.07) is 12.2. The monoisotopic (exact) mass is 421 g/mol. The number of halogens is 3. The molecule has 2 aromatic carbocycles. The summed E-state index contributed by atoms with van der Waals surface area (Å²) in [6.45, 7) is 1.61. The van der Waals surface area contributed by atoms with Crippen LogP contribution in [0.4, 0.5) is 18.9 Å². The second kappa shape index (κ2) is 8.60. The number of nitrogens with one attached hydrogen (secondary N) is 1. The maximum absolute atomic E-state index is 13.1. The topological polar surface area (TPSA) is 56.2 Å². The first-order valence-electron chi connectivity index (χ1n) is 8.61. The van der Waals surface area contributed by atoms with Gasteiger partial charge >= 0.3 is 6.18 Å². The van der Waals surface area contributed by atoms with E-state index >= 15 is 0 Å². The number of aromatic nitrogens is 2. The fourth-order valence-corrected chi connectivity index (χ4v) is 3.49. The van der Waals surface area contributed by atoms with E-state index < -0.39 is 22.9 Å². The van der Waals surface area contributed by atoms with Gasteiger partial charge in [0.2, 0.25) is 5.91 Å². The van der Waals surface area contributed by atoms with Gasteiger partial charge in [-0.25, -0.2) is 4.98 Å². The third-order valence-corrected chi connectivity index (χ3v) is 5.18. The molecule has 0 aliphatic heterocycles. The Morgan fingerprint density at radius 3 is 2.52 bits per heavy atom. The highest BCUT2D eigenvalue weighted by Gasteiger charge is 2.34. The fourth-order valence-electron chi connectivity index (χ4n) is 2.60. The number of para-hydroxylation sites is 1. The highest BCUT2D eigenvalue weighted by Crippen LogP contribution is 2.35. The molecule has 152 valence electrons. The molecule has 0 saturated carbocycles. The lowest BCUT2D eigenvalue weighted by Gasteiger charge is -2.16. The van der Waals surface area contributed by atoms with E-state index in [4.69, 9.17) is 4.74 Å². The van der Waals surface area contributed by atoms with E-state index in [1.807, 2.05) is 12.1 Å². The summed E-state index contributed by atoms with van der Waals surface area (Å²) in [5, 5.41) is 2.24. The number of ether oxygens (including phenoxy) is 1. The Kier molecular flexibility index (Phi) is 6.17. The van der Waals surface area contributed by atoms with Crippen LogP contribution < -0.4 is 10.1 Å². The number of benzene rings is 2. The van der Waals surface area contributed by atoms with Crippen LogP contribution in [0, 0.1) is 0 Å². The van der Waals surface area contributed by atoms with Crippen molar-refractivity contribution in [2.75, 3.05) is 12.4 Å². The van der Waals surface area contributed by atoms with Crippen LogP contribution in [0.25, 0.3) is 5.69 Å². The number of thioether (sulfide) groups is 1. The van der Waals surface area contributed by atoms with E-state index in [9.17, 15) is 18.0 Å². The number of imidazole rings is 1. The number of hydrogen-bond acceptors (Lipinski definition) is 4. The van der Waals surface area contributed by atoms with Crippen LogP contribution in [0.3, 0.4) is 0 Å². The molecule has 0 spiro atoms. The minimum absolute atomic E-state index is 0.268. The number of hydrogen-bond donors (Lipinski definition) is 1. The van der Waals surface area contributed by atoms with Crippen LogP contribution in [0.15, 0.2) is 66.1 Å². The largest absolute Gasteiger partial charge is 0.497 e. The van der Waals surface area contributed by atoms with Crippen molar-refractivity contribution in [2.45, 2.75) is 23.5 Å². The van der Waals surface area contributed by atoms with Crippen molar-refractivity contribution >= 4 is 23.4 Å². The number of methoxy groups -OCH3 is 1. The van der Waals surface area contributed by atoms with Gasteiger partial charge in [-0.1, -0.05) is 23.9 Å². The van der Waals surface area contributed by atoms with Crippen LogP contribution >= 0.6 is 11.8 Å². The number of rotatable bonds is 6. The maximum atomic E-state index is 13.1. The van der Waals surface area contributed by atoms with E-state index in [0.29, 0.717) is 10.9 Å². The van der Waals surface area contributed by atoms with Crippen molar-refractivity contribution in [3.63, 3.8) is 0 Å². The average molecular weight is 421 g/mol. The molecule has 0 aliphatic carbocycles. The highest BCUT2D eigenvalue weighted by molar-refractivity contribution is 8.00. The molecular weight excluding hydrogens is 403 g/mol. The zero-order valence-electron chi connectivity index (χ0n) is 15.6. The molecule has 3 rings (SSSR count). The van der Waals surface area contributed by atoms with Gasteiger partial charge < -0.3 is 10.1 Å². The van der Waals surface area contributed by atoms with Crippen LogP contribution in [0.1, 0.15) is 12.5 Å². The third kappa shape index (κ3) is 4.92. The first-order valence-corrected chi connectivity index (χ1v) is 9.49. The van der Waals surface area contributed by atoms with E-state index in [1.54, 1.807) is 43.1 Å². The van der Waals surface area contributed by atoms with Gasteiger partial charge in [0.1, 0.15) is 5.75 Å². The van der Waals surface area contributed by atoms with Crippen LogP contribution in [-0.4, -0.2) is 27.8 Å². The van der Waals surface area contributed by atoms with Crippen molar-refractivity contribution in [3.05, 3.63) is 66.5 Å². The molecule has 0 fully saturated rings. The molecule has 9 heteroatoms. The zero-order chi connectivity index (χ0) is 21.0. The Morgan fingerprint density at radius 2 is 1.86 bits per heavy atom. The molecule has 1 N–H and O–H groups in total. The lowest BCUT2D eigenvalue weighted by atomic mass is 10.1. The van der Waals surface area contributed by atoms with Gasteiger partial charge in [0.15, 0.2) is 5.16 Å². The van der Waals surface area contributed by atoms with Gasteiger partial charge in [-0.15, -0.1) is 0 Å². The van der Waals surface area contributed by atoms with Crippen molar-refractivity contribution in [1.82, 2.24) is 9.55 Å². The Labute approximate surface area is 169 Å². The number of alkyl halides is 3. The van der Waals surface area contributed by atoms with Crippen molar-refractivity contribution in [3.8, 4) is 11.4 Å². The molecule has 1 heterocycles. The summed E-state index contributed by atoms with van der Waals surface area (Å²) >= 11 is 1.15. The number of carbonyl (C=O) groups is 1. The summed E-state index contributed by atoms with van der Waals surface area (Å²) in [7, 11) is 1.57. The summed E-state index contributed by atoms with van der Waals surface area (Å²) < 4.78 is 46.3. The van der Waals surface area contributed by atoms with Gasteiger partial charge in [0, 0.05) is 18.1 Å².